The Hall–Kier alpha value is -2.36. The van der Waals surface area contributed by atoms with Gasteiger partial charge in [0.15, 0.2) is 0 Å². The van der Waals surface area contributed by atoms with E-state index in [2.05, 4.69) is 25.5 Å². The van der Waals surface area contributed by atoms with Crippen molar-refractivity contribution < 1.29 is 9.90 Å². The predicted molar refractivity (Wildman–Crippen MR) is 78.9 cm³/mol. The summed E-state index contributed by atoms with van der Waals surface area (Å²) in [5, 5.41) is 13.5. The molecule has 0 radical (unpaired) electrons. The summed E-state index contributed by atoms with van der Waals surface area (Å²) in [4.78, 5) is 11.2. The van der Waals surface area contributed by atoms with Crippen molar-refractivity contribution in [2.75, 3.05) is 0 Å². The van der Waals surface area contributed by atoms with E-state index in [4.69, 9.17) is 0 Å². The highest BCUT2D eigenvalue weighted by Crippen LogP contribution is 2.22. The van der Waals surface area contributed by atoms with E-state index in [9.17, 15) is 9.90 Å². The maximum atomic E-state index is 11.2. The third kappa shape index (κ3) is 2.79. The van der Waals surface area contributed by atoms with Crippen LogP contribution in [0.5, 0.6) is 0 Å². The number of aromatic nitrogens is 2. The SMILES string of the molecule is C=CCn1nc(-c2ccc(C(C)C)cc2)cc1C(=O)O. The summed E-state index contributed by atoms with van der Waals surface area (Å²) in [7, 11) is 0. The molecule has 104 valence electrons. The summed E-state index contributed by atoms with van der Waals surface area (Å²) < 4.78 is 1.45. The second-order valence-corrected chi connectivity index (χ2v) is 4.97. The highest BCUT2D eigenvalue weighted by molar-refractivity contribution is 5.87. The molecule has 1 heterocycles. The molecule has 4 heteroatoms. The van der Waals surface area contributed by atoms with Crippen LogP contribution in [-0.2, 0) is 6.54 Å². The maximum absolute atomic E-state index is 11.2. The predicted octanol–water partition coefficient (Wildman–Crippen LogP) is 3.56. The molecule has 1 N–H and O–H groups in total. The van der Waals surface area contributed by atoms with Gasteiger partial charge in [-0.25, -0.2) is 4.79 Å². The zero-order valence-electron chi connectivity index (χ0n) is 11.7. The first-order chi connectivity index (χ1) is 9.52. The van der Waals surface area contributed by atoms with Crippen molar-refractivity contribution in [1.29, 1.82) is 0 Å². The molecule has 0 bridgehead atoms. The number of aromatic carboxylic acids is 1. The summed E-state index contributed by atoms with van der Waals surface area (Å²) in [6.45, 7) is 8.27. The number of carboxylic acid groups (broad SMARTS) is 1. The lowest BCUT2D eigenvalue weighted by molar-refractivity contribution is 0.0684. The first-order valence-corrected chi connectivity index (χ1v) is 6.55. The Morgan fingerprint density at radius 2 is 2.05 bits per heavy atom. The van der Waals surface area contributed by atoms with Gasteiger partial charge in [0.25, 0.3) is 0 Å². The van der Waals surface area contributed by atoms with Gasteiger partial charge in [-0.2, -0.15) is 5.10 Å². The van der Waals surface area contributed by atoms with Gasteiger partial charge >= 0.3 is 5.97 Å². The van der Waals surface area contributed by atoms with Gasteiger partial charge in [0.05, 0.1) is 12.2 Å². The monoisotopic (exact) mass is 270 g/mol. The van der Waals surface area contributed by atoms with Gasteiger partial charge in [-0.05, 0) is 17.5 Å². The van der Waals surface area contributed by atoms with Crippen molar-refractivity contribution in [3.63, 3.8) is 0 Å². The third-order valence-corrected chi connectivity index (χ3v) is 3.17. The highest BCUT2D eigenvalue weighted by Gasteiger charge is 2.14. The summed E-state index contributed by atoms with van der Waals surface area (Å²) in [6.07, 6.45) is 1.63. The third-order valence-electron chi connectivity index (χ3n) is 3.17. The average Bonchev–Trinajstić information content (AvgIpc) is 2.83. The van der Waals surface area contributed by atoms with Gasteiger partial charge in [0.1, 0.15) is 5.69 Å². The Bertz CT molecular complexity index is 624. The van der Waals surface area contributed by atoms with Crippen LogP contribution < -0.4 is 0 Å². The molecule has 0 aliphatic carbocycles. The number of nitrogens with zero attached hydrogens (tertiary/aromatic N) is 2. The summed E-state index contributed by atoms with van der Waals surface area (Å²) in [5.41, 5.74) is 3.00. The highest BCUT2D eigenvalue weighted by atomic mass is 16.4. The molecule has 0 aliphatic rings. The summed E-state index contributed by atoms with van der Waals surface area (Å²) in [6, 6.07) is 9.64. The second-order valence-electron chi connectivity index (χ2n) is 4.97. The molecule has 2 aromatic rings. The van der Waals surface area contributed by atoms with Crippen molar-refractivity contribution in [1.82, 2.24) is 9.78 Å². The van der Waals surface area contributed by atoms with Gasteiger partial charge < -0.3 is 5.11 Å². The fraction of sp³-hybridized carbons (Fsp3) is 0.250. The van der Waals surface area contributed by atoms with E-state index < -0.39 is 5.97 Å². The first-order valence-electron chi connectivity index (χ1n) is 6.55. The number of carboxylic acids is 1. The molecule has 0 unspecified atom stereocenters. The molecule has 0 saturated carbocycles. The Morgan fingerprint density at radius 3 is 2.55 bits per heavy atom. The van der Waals surface area contributed by atoms with E-state index in [1.165, 1.54) is 10.2 Å². The molecule has 1 aromatic carbocycles. The van der Waals surface area contributed by atoms with Crippen LogP contribution in [0.2, 0.25) is 0 Å². The van der Waals surface area contributed by atoms with Crippen LogP contribution in [0.1, 0.15) is 35.8 Å². The van der Waals surface area contributed by atoms with E-state index in [1.54, 1.807) is 12.1 Å². The summed E-state index contributed by atoms with van der Waals surface area (Å²) >= 11 is 0. The van der Waals surface area contributed by atoms with Crippen LogP contribution in [-0.4, -0.2) is 20.9 Å². The fourth-order valence-corrected chi connectivity index (χ4v) is 2.03. The Balaban J connectivity index is 2.39. The van der Waals surface area contributed by atoms with E-state index in [0.717, 1.165) is 5.56 Å². The van der Waals surface area contributed by atoms with Gasteiger partial charge in [-0.3, -0.25) is 4.68 Å². The average molecular weight is 270 g/mol. The molecule has 0 fully saturated rings. The van der Waals surface area contributed by atoms with Crippen molar-refractivity contribution in [3.05, 3.63) is 54.2 Å². The summed E-state index contributed by atoms with van der Waals surface area (Å²) in [5.74, 6) is -0.513. The van der Waals surface area contributed by atoms with E-state index >= 15 is 0 Å². The normalized spacial score (nSPS) is 10.8. The molecule has 0 atom stereocenters. The maximum Gasteiger partial charge on any atom is 0.354 e. The number of hydrogen-bond donors (Lipinski definition) is 1. The van der Waals surface area contributed by atoms with Crippen molar-refractivity contribution in [3.8, 4) is 11.3 Å². The number of hydrogen-bond acceptors (Lipinski definition) is 2. The smallest absolute Gasteiger partial charge is 0.354 e. The number of carbonyl (C=O) groups is 1. The zero-order valence-corrected chi connectivity index (χ0v) is 11.7. The van der Waals surface area contributed by atoms with Gasteiger partial charge in [0, 0.05) is 5.56 Å². The molecule has 0 aliphatic heterocycles. The van der Waals surface area contributed by atoms with Crippen LogP contribution >= 0.6 is 0 Å². The van der Waals surface area contributed by atoms with Crippen LogP contribution in [0.15, 0.2) is 43.0 Å². The molecule has 0 amide bonds. The minimum Gasteiger partial charge on any atom is -0.477 e. The van der Waals surface area contributed by atoms with Crippen LogP contribution in [0.25, 0.3) is 11.3 Å². The molecular weight excluding hydrogens is 252 g/mol. The van der Waals surface area contributed by atoms with Crippen LogP contribution in [0.3, 0.4) is 0 Å². The second kappa shape index (κ2) is 5.74. The molecule has 20 heavy (non-hydrogen) atoms. The Kier molecular flexibility index (Phi) is 4.03. The first kappa shape index (κ1) is 14.1. The molecule has 1 aromatic heterocycles. The minimum atomic E-state index is -0.982. The van der Waals surface area contributed by atoms with Crippen LogP contribution in [0.4, 0.5) is 0 Å². The lowest BCUT2D eigenvalue weighted by Crippen LogP contribution is -2.08. The number of benzene rings is 1. The topological polar surface area (TPSA) is 55.1 Å². The lowest BCUT2D eigenvalue weighted by Gasteiger charge is -2.05. The molecule has 2 rings (SSSR count). The van der Waals surface area contributed by atoms with E-state index in [-0.39, 0.29) is 5.69 Å². The molecule has 4 nitrogen and oxygen atoms in total. The Labute approximate surface area is 118 Å². The van der Waals surface area contributed by atoms with E-state index in [1.807, 2.05) is 24.3 Å². The quantitative estimate of drug-likeness (QED) is 0.845. The van der Waals surface area contributed by atoms with Gasteiger partial charge in [-0.15, -0.1) is 6.58 Å². The van der Waals surface area contributed by atoms with E-state index in [0.29, 0.717) is 18.2 Å². The molecular formula is C16H18N2O2. The van der Waals surface area contributed by atoms with Crippen molar-refractivity contribution >= 4 is 5.97 Å². The minimum absolute atomic E-state index is 0.174. The Morgan fingerprint density at radius 1 is 1.40 bits per heavy atom. The van der Waals surface area contributed by atoms with Crippen molar-refractivity contribution in [2.45, 2.75) is 26.3 Å². The van der Waals surface area contributed by atoms with Crippen LogP contribution in [0, 0.1) is 0 Å². The lowest BCUT2D eigenvalue weighted by atomic mass is 10.0. The standard InChI is InChI=1S/C16H18N2O2/c1-4-9-18-15(16(19)20)10-14(17-18)13-7-5-12(6-8-13)11(2)3/h4-8,10-11H,1,9H2,2-3H3,(H,19,20). The fourth-order valence-electron chi connectivity index (χ4n) is 2.03. The molecule has 0 spiro atoms. The number of allylic oxidation sites excluding steroid dienone is 1. The molecule has 0 saturated heterocycles. The zero-order chi connectivity index (χ0) is 14.7. The number of rotatable bonds is 5. The largest absolute Gasteiger partial charge is 0.477 e. The van der Waals surface area contributed by atoms with Gasteiger partial charge in [-0.1, -0.05) is 44.2 Å². The van der Waals surface area contributed by atoms with Crippen molar-refractivity contribution in [2.24, 2.45) is 0 Å². The van der Waals surface area contributed by atoms with Gasteiger partial charge in [0.2, 0.25) is 0 Å².